The molecule has 21 heavy (non-hydrogen) atoms. The summed E-state index contributed by atoms with van der Waals surface area (Å²) >= 11 is 2.22. The van der Waals surface area contributed by atoms with Crippen LogP contribution in [0.3, 0.4) is 0 Å². The maximum Gasteiger partial charge on any atom is 0.310 e. The lowest BCUT2D eigenvalue weighted by Gasteiger charge is -2.36. The molecular weight excluding hydrogens is 377 g/mol. The van der Waals surface area contributed by atoms with Crippen LogP contribution in [-0.4, -0.2) is 25.2 Å². The maximum atomic E-state index is 12.2. The molecule has 2 aliphatic rings. The van der Waals surface area contributed by atoms with Gasteiger partial charge >= 0.3 is 5.97 Å². The summed E-state index contributed by atoms with van der Waals surface area (Å²) in [5, 5.41) is 3.57. The second-order valence-electron chi connectivity index (χ2n) is 5.90. The predicted molar refractivity (Wildman–Crippen MR) is 92.3 cm³/mol. The van der Waals surface area contributed by atoms with Crippen molar-refractivity contribution in [1.82, 2.24) is 5.32 Å². The molecule has 1 N–H and O–H groups in total. The van der Waals surface area contributed by atoms with Crippen LogP contribution in [0.15, 0.2) is 28.3 Å². The molecule has 1 aromatic carbocycles. The normalized spacial score (nSPS) is 31.5. The Bertz CT molecular complexity index is 540. The van der Waals surface area contributed by atoms with Gasteiger partial charge in [-0.05, 0) is 40.5 Å². The molecule has 0 spiro atoms. The molecule has 0 radical (unpaired) electrons. The van der Waals surface area contributed by atoms with Crippen molar-refractivity contribution >= 4 is 34.6 Å². The molecule has 0 aromatic heterocycles. The molecule has 2 heterocycles. The highest BCUT2D eigenvalue weighted by atomic mass is 127. The molecule has 3 nitrogen and oxygen atoms in total. The van der Waals surface area contributed by atoms with Gasteiger partial charge in [0, 0.05) is 18.0 Å². The number of benzene rings is 1. The Balaban J connectivity index is 1.88. The topological polar surface area (TPSA) is 38.3 Å². The largest absolute Gasteiger partial charge is 0.469 e. The van der Waals surface area contributed by atoms with E-state index < -0.39 is 0 Å². The Labute approximate surface area is 139 Å². The van der Waals surface area contributed by atoms with E-state index in [1.807, 2.05) is 4.08 Å². The average molecular weight is 397 g/mol. The number of carbonyl (C=O) groups is 1. The molecule has 1 aromatic rings. The van der Waals surface area contributed by atoms with Crippen LogP contribution in [0.2, 0.25) is 0 Å². The first kappa shape index (κ1) is 15.0. The van der Waals surface area contributed by atoms with Crippen molar-refractivity contribution in [3.63, 3.8) is 0 Å². The van der Waals surface area contributed by atoms with Gasteiger partial charge in [0.1, 0.15) is 0 Å². The molecule has 3 rings (SSSR count). The van der Waals surface area contributed by atoms with Crippen LogP contribution in [0, 0.1) is 5.92 Å². The van der Waals surface area contributed by atoms with Gasteiger partial charge < -0.3 is 10.1 Å². The van der Waals surface area contributed by atoms with Gasteiger partial charge in [0.2, 0.25) is 0 Å². The lowest BCUT2D eigenvalue weighted by atomic mass is 9.77. The number of piperidine rings is 1. The fourth-order valence-electron chi connectivity index (χ4n) is 3.79. The smallest absolute Gasteiger partial charge is 0.310 e. The average Bonchev–Trinajstić information content (AvgIpc) is 2.89. The second-order valence-corrected chi connectivity index (χ2v) is 6.62. The van der Waals surface area contributed by atoms with Gasteiger partial charge in [-0.25, -0.2) is 0 Å². The Kier molecular flexibility index (Phi) is 4.64. The standard InChI is InChI=1S/C17H20INO2/c1-21-17(20)16-14(10-13-6-7-15(16)19-13)12-4-2-11(3-5-12)8-9-18/h2-5,8-9,13-16,19H,6-7,10H2,1H3/b9-8+. The third-order valence-electron chi connectivity index (χ3n) is 4.77. The summed E-state index contributed by atoms with van der Waals surface area (Å²) < 4.78 is 7.07. The second kappa shape index (κ2) is 6.48. The number of ether oxygens (including phenoxy) is 1. The van der Waals surface area contributed by atoms with Gasteiger partial charge in [-0.2, -0.15) is 0 Å². The van der Waals surface area contributed by atoms with Crippen LogP contribution >= 0.6 is 22.6 Å². The fraction of sp³-hybridized carbons (Fsp3) is 0.471. The van der Waals surface area contributed by atoms with E-state index in [1.54, 1.807) is 0 Å². The molecule has 2 fully saturated rings. The summed E-state index contributed by atoms with van der Waals surface area (Å²) in [6.45, 7) is 0. The van der Waals surface area contributed by atoms with Crippen molar-refractivity contribution in [2.24, 2.45) is 5.92 Å². The van der Waals surface area contributed by atoms with Crippen molar-refractivity contribution in [1.29, 1.82) is 0 Å². The molecule has 2 saturated heterocycles. The summed E-state index contributed by atoms with van der Waals surface area (Å²) in [5.41, 5.74) is 2.45. The zero-order chi connectivity index (χ0) is 14.8. The van der Waals surface area contributed by atoms with E-state index in [2.05, 4.69) is 58.2 Å². The maximum absolute atomic E-state index is 12.2. The van der Waals surface area contributed by atoms with E-state index in [9.17, 15) is 4.79 Å². The summed E-state index contributed by atoms with van der Waals surface area (Å²) in [6, 6.07) is 9.41. The van der Waals surface area contributed by atoms with Crippen molar-refractivity contribution < 1.29 is 9.53 Å². The Hall–Kier alpha value is -0.880. The molecule has 4 atom stereocenters. The van der Waals surface area contributed by atoms with Crippen LogP contribution in [0.5, 0.6) is 0 Å². The summed E-state index contributed by atoms with van der Waals surface area (Å²) in [5.74, 6) is 0.141. The SMILES string of the molecule is COC(=O)C1C2CCC(CC1c1ccc(/C=C/I)cc1)N2. The zero-order valence-electron chi connectivity index (χ0n) is 12.1. The highest BCUT2D eigenvalue weighted by molar-refractivity contribution is 14.1. The van der Waals surface area contributed by atoms with Gasteiger partial charge in [-0.15, -0.1) is 0 Å². The van der Waals surface area contributed by atoms with Crippen molar-refractivity contribution in [2.45, 2.75) is 37.3 Å². The van der Waals surface area contributed by atoms with Crippen molar-refractivity contribution in [3.8, 4) is 0 Å². The van der Waals surface area contributed by atoms with E-state index in [0.29, 0.717) is 6.04 Å². The summed E-state index contributed by atoms with van der Waals surface area (Å²) in [7, 11) is 1.49. The van der Waals surface area contributed by atoms with Gasteiger partial charge in [-0.3, -0.25) is 4.79 Å². The van der Waals surface area contributed by atoms with Gasteiger partial charge in [0.05, 0.1) is 13.0 Å². The molecule has 112 valence electrons. The zero-order valence-corrected chi connectivity index (χ0v) is 14.2. The third-order valence-corrected chi connectivity index (χ3v) is 5.13. The molecule has 4 heteroatoms. The Morgan fingerprint density at radius 1 is 1.33 bits per heavy atom. The number of hydrogen-bond donors (Lipinski definition) is 1. The number of methoxy groups -OCH3 is 1. The minimum absolute atomic E-state index is 0.0558. The van der Waals surface area contributed by atoms with Gasteiger partial charge in [0.15, 0.2) is 0 Å². The molecule has 0 saturated carbocycles. The van der Waals surface area contributed by atoms with Crippen molar-refractivity contribution in [2.75, 3.05) is 7.11 Å². The van der Waals surface area contributed by atoms with Crippen LogP contribution in [0.25, 0.3) is 6.08 Å². The van der Waals surface area contributed by atoms with E-state index >= 15 is 0 Å². The van der Waals surface area contributed by atoms with E-state index in [1.165, 1.54) is 24.7 Å². The molecule has 2 bridgehead atoms. The predicted octanol–water partition coefficient (Wildman–Crippen LogP) is 3.49. The Morgan fingerprint density at radius 2 is 2.10 bits per heavy atom. The molecular formula is C17H20INO2. The van der Waals surface area contributed by atoms with Crippen LogP contribution in [0.4, 0.5) is 0 Å². The first-order chi connectivity index (χ1) is 10.2. The fourth-order valence-corrected chi connectivity index (χ4v) is 4.20. The summed E-state index contributed by atoms with van der Waals surface area (Å²) in [6.07, 6.45) is 5.35. The van der Waals surface area contributed by atoms with E-state index in [-0.39, 0.29) is 23.8 Å². The number of nitrogens with one attached hydrogen (secondary N) is 1. The molecule has 4 unspecified atom stereocenters. The summed E-state index contributed by atoms with van der Waals surface area (Å²) in [4.78, 5) is 12.2. The molecule has 0 amide bonds. The number of halogens is 1. The number of carbonyl (C=O) groups excluding carboxylic acids is 1. The monoisotopic (exact) mass is 397 g/mol. The highest BCUT2D eigenvalue weighted by Gasteiger charge is 2.46. The Morgan fingerprint density at radius 3 is 2.76 bits per heavy atom. The van der Waals surface area contributed by atoms with E-state index in [0.717, 1.165) is 12.8 Å². The van der Waals surface area contributed by atoms with Crippen molar-refractivity contribution in [3.05, 3.63) is 39.5 Å². The number of hydrogen-bond acceptors (Lipinski definition) is 3. The minimum Gasteiger partial charge on any atom is -0.469 e. The first-order valence-corrected chi connectivity index (χ1v) is 8.68. The number of rotatable bonds is 3. The quantitative estimate of drug-likeness (QED) is 0.627. The minimum atomic E-state index is -0.0749. The van der Waals surface area contributed by atoms with Crippen LogP contribution in [0.1, 0.15) is 36.3 Å². The third kappa shape index (κ3) is 3.01. The van der Waals surface area contributed by atoms with Crippen LogP contribution < -0.4 is 5.32 Å². The van der Waals surface area contributed by atoms with Gasteiger partial charge in [0.25, 0.3) is 0 Å². The molecule has 0 aliphatic carbocycles. The highest BCUT2D eigenvalue weighted by Crippen LogP contribution is 2.42. The first-order valence-electron chi connectivity index (χ1n) is 7.43. The van der Waals surface area contributed by atoms with Crippen LogP contribution in [-0.2, 0) is 9.53 Å². The molecule has 2 aliphatic heterocycles. The lowest BCUT2D eigenvalue weighted by molar-refractivity contribution is -0.148. The van der Waals surface area contributed by atoms with Gasteiger partial charge in [-0.1, -0.05) is 46.9 Å². The number of fused-ring (bicyclic) bond motifs is 2. The lowest BCUT2D eigenvalue weighted by Crippen LogP contribution is -2.48. The van der Waals surface area contributed by atoms with E-state index in [4.69, 9.17) is 4.74 Å². The number of esters is 1.